The van der Waals surface area contributed by atoms with Crippen molar-refractivity contribution in [1.82, 2.24) is 9.88 Å². The number of rotatable bonds is 4. The van der Waals surface area contributed by atoms with Crippen LogP contribution in [0.3, 0.4) is 0 Å². The maximum Gasteiger partial charge on any atom is 0.223 e. The highest BCUT2D eigenvalue weighted by atomic mass is 16.5. The first-order valence-corrected chi connectivity index (χ1v) is 9.83. The van der Waals surface area contributed by atoms with Crippen LogP contribution in [0.5, 0.6) is 0 Å². The molecule has 2 atom stereocenters. The molecule has 0 aromatic carbocycles. The smallest absolute Gasteiger partial charge is 0.223 e. The Morgan fingerprint density at radius 1 is 1.27 bits per heavy atom. The zero-order valence-electron chi connectivity index (χ0n) is 15.4. The number of nitrogens with zero attached hydrogens (tertiary/aromatic N) is 2. The summed E-state index contributed by atoms with van der Waals surface area (Å²) in [5, 5.41) is 0. The summed E-state index contributed by atoms with van der Waals surface area (Å²) in [4.78, 5) is 19.3. The van der Waals surface area contributed by atoms with Crippen molar-refractivity contribution in [2.24, 2.45) is 5.41 Å². The van der Waals surface area contributed by atoms with Crippen LogP contribution in [0.1, 0.15) is 37.7 Å². The predicted molar refractivity (Wildman–Crippen MR) is 98.7 cm³/mol. The second kappa shape index (κ2) is 7.89. The maximum atomic E-state index is 13.1. The fourth-order valence-corrected chi connectivity index (χ4v) is 4.92. The highest BCUT2D eigenvalue weighted by Gasteiger charge is 2.50. The lowest BCUT2D eigenvalue weighted by Gasteiger charge is -2.54. The van der Waals surface area contributed by atoms with E-state index in [-0.39, 0.29) is 17.4 Å². The van der Waals surface area contributed by atoms with E-state index in [9.17, 15) is 4.79 Å². The minimum Gasteiger partial charge on any atom is -0.380 e. The standard InChI is InChI=1S/C21H28N2O3/c24-20(3-2-17-4-10-22-11-5-17)23-12-1-9-21(16-26-15-8-19(21)23)18-6-13-25-14-7-18/h4-6,10-11,19H,1-3,7-9,12-16H2/t19-,21-/m0/s1. The number of likely N-dealkylation sites (tertiary alicyclic amines) is 1. The fraction of sp³-hybridized carbons (Fsp3) is 0.619. The third-order valence-electron chi connectivity index (χ3n) is 6.23. The molecular weight excluding hydrogens is 328 g/mol. The number of carbonyl (C=O) groups excluding carboxylic acids is 1. The molecule has 1 aromatic heterocycles. The van der Waals surface area contributed by atoms with E-state index in [1.165, 1.54) is 11.1 Å². The molecule has 5 nitrogen and oxygen atoms in total. The topological polar surface area (TPSA) is 51.7 Å². The molecular formula is C21H28N2O3. The Morgan fingerprint density at radius 2 is 2.15 bits per heavy atom. The average Bonchev–Trinajstić information content (AvgIpc) is 2.73. The molecule has 1 amide bonds. The van der Waals surface area contributed by atoms with E-state index in [4.69, 9.17) is 9.47 Å². The van der Waals surface area contributed by atoms with Crippen molar-refractivity contribution in [2.45, 2.75) is 44.6 Å². The number of pyridine rings is 1. The van der Waals surface area contributed by atoms with Gasteiger partial charge in [-0.2, -0.15) is 0 Å². The van der Waals surface area contributed by atoms with E-state index in [1.807, 2.05) is 12.1 Å². The molecule has 4 heterocycles. The molecule has 2 saturated heterocycles. The van der Waals surface area contributed by atoms with Gasteiger partial charge in [0.25, 0.3) is 0 Å². The van der Waals surface area contributed by atoms with E-state index >= 15 is 0 Å². The summed E-state index contributed by atoms with van der Waals surface area (Å²) < 4.78 is 11.5. The zero-order chi connectivity index (χ0) is 17.8. The molecule has 0 saturated carbocycles. The lowest BCUT2D eigenvalue weighted by Crippen LogP contribution is -2.59. The van der Waals surface area contributed by atoms with Gasteiger partial charge in [0.15, 0.2) is 0 Å². The number of amides is 1. The van der Waals surface area contributed by atoms with Gasteiger partial charge in [-0.3, -0.25) is 9.78 Å². The van der Waals surface area contributed by atoms with Gasteiger partial charge in [-0.15, -0.1) is 0 Å². The lowest BCUT2D eigenvalue weighted by atomic mass is 9.65. The van der Waals surface area contributed by atoms with Gasteiger partial charge >= 0.3 is 0 Å². The molecule has 0 unspecified atom stereocenters. The largest absolute Gasteiger partial charge is 0.380 e. The number of hydrogen-bond donors (Lipinski definition) is 0. The first-order chi connectivity index (χ1) is 12.8. The number of aryl methyl sites for hydroxylation is 1. The zero-order valence-corrected chi connectivity index (χ0v) is 15.4. The van der Waals surface area contributed by atoms with Gasteiger partial charge in [0.1, 0.15) is 0 Å². The second-order valence-corrected chi connectivity index (χ2v) is 7.61. The van der Waals surface area contributed by atoms with Crippen LogP contribution in [0.2, 0.25) is 0 Å². The summed E-state index contributed by atoms with van der Waals surface area (Å²) in [6.45, 7) is 3.86. The highest BCUT2D eigenvalue weighted by molar-refractivity contribution is 5.77. The Hall–Kier alpha value is -1.72. The Balaban J connectivity index is 1.51. The monoisotopic (exact) mass is 356 g/mol. The van der Waals surface area contributed by atoms with Gasteiger partial charge in [-0.1, -0.05) is 11.6 Å². The van der Waals surface area contributed by atoms with Crippen molar-refractivity contribution in [2.75, 3.05) is 33.0 Å². The molecule has 5 heteroatoms. The van der Waals surface area contributed by atoms with Gasteiger partial charge < -0.3 is 14.4 Å². The average molecular weight is 356 g/mol. The van der Waals surface area contributed by atoms with Crippen molar-refractivity contribution in [3.05, 3.63) is 41.7 Å². The number of fused-ring (bicyclic) bond motifs is 1. The highest BCUT2D eigenvalue weighted by Crippen LogP contribution is 2.48. The molecule has 2 fully saturated rings. The van der Waals surface area contributed by atoms with Gasteiger partial charge in [-0.05, 0) is 49.8 Å². The Bertz CT molecular complexity index is 656. The SMILES string of the molecule is O=C(CCc1ccncc1)N1CCC[C@@]2(C3=CCOCC3)COCC[C@H]12. The molecule has 140 valence electrons. The first-order valence-electron chi connectivity index (χ1n) is 9.83. The first kappa shape index (κ1) is 17.7. The Kier molecular flexibility index (Phi) is 5.36. The van der Waals surface area contributed by atoms with E-state index in [1.54, 1.807) is 12.4 Å². The van der Waals surface area contributed by atoms with Crippen LogP contribution in [0, 0.1) is 5.41 Å². The van der Waals surface area contributed by atoms with Gasteiger partial charge in [0.05, 0.1) is 19.8 Å². The number of hydrogen-bond acceptors (Lipinski definition) is 4. The van der Waals surface area contributed by atoms with Crippen LogP contribution in [-0.4, -0.2) is 54.8 Å². The normalized spacial score (nSPS) is 29.0. The van der Waals surface area contributed by atoms with E-state index < -0.39 is 0 Å². The Labute approximate surface area is 155 Å². The molecule has 0 bridgehead atoms. The molecule has 0 N–H and O–H groups in total. The molecule has 0 radical (unpaired) electrons. The van der Waals surface area contributed by atoms with E-state index in [2.05, 4.69) is 16.0 Å². The summed E-state index contributed by atoms with van der Waals surface area (Å²) in [6, 6.07) is 4.27. The number of ether oxygens (including phenoxy) is 2. The Morgan fingerprint density at radius 3 is 2.96 bits per heavy atom. The minimum absolute atomic E-state index is 0.00655. The summed E-state index contributed by atoms with van der Waals surface area (Å²) in [5.41, 5.74) is 2.64. The van der Waals surface area contributed by atoms with Crippen LogP contribution in [-0.2, 0) is 20.7 Å². The third kappa shape index (κ3) is 3.42. The van der Waals surface area contributed by atoms with E-state index in [0.717, 1.165) is 58.5 Å². The predicted octanol–water partition coefficient (Wildman–Crippen LogP) is 2.76. The van der Waals surface area contributed by atoms with Crippen LogP contribution in [0.15, 0.2) is 36.2 Å². The summed E-state index contributed by atoms with van der Waals surface area (Å²) in [7, 11) is 0. The number of piperidine rings is 1. The van der Waals surface area contributed by atoms with Crippen LogP contribution in [0.25, 0.3) is 0 Å². The molecule has 0 spiro atoms. The summed E-state index contributed by atoms with van der Waals surface area (Å²) in [6.07, 6.45) is 11.3. The van der Waals surface area contributed by atoms with Crippen molar-refractivity contribution >= 4 is 5.91 Å². The summed E-state index contributed by atoms with van der Waals surface area (Å²) >= 11 is 0. The molecule has 3 aliphatic heterocycles. The van der Waals surface area contributed by atoms with Crippen molar-refractivity contribution in [3.8, 4) is 0 Å². The van der Waals surface area contributed by atoms with Crippen LogP contribution in [0.4, 0.5) is 0 Å². The molecule has 26 heavy (non-hydrogen) atoms. The fourth-order valence-electron chi connectivity index (χ4n) is 4.92. The van der Waals surface area contributed by atoms with Crippen molar-refractivity contribution in [3.63, 3.8) is 0 Å². The lowest BCUT2D eigenvalue weighted by molar-refractivity contribution is -0.147. The molecule has 3 aliphatic rings. The van der Waals surface area contributed by atoms with Gasteiger partial charge in [-0.25, -0.2) is 0 Å². The van der Waals surface area contributed by atoms with Gasteiger partial charge in [0.2, 0.25) is 5.91 Å². The van der Waals surface area contributed by atoms with Crippen molar-refractivity contribution < 1.29 is 14.3 Å². The molecule has 0 aliphatic carbocycles. The maximum absolute atomic E-state index is 13.1. The second-order valence-electron chi connectivity index (χ2n) is 7.61. The summed E-state index contributed by atoms with van der Waals surface area (Å²) in [5.74, 6) is 0.283. The van der Waals surface area contributed by atoms with Crippen molar-refractivity contribution in [1.29, 1.82) is 0 Å². The van der Waals surface area contributed by atoms with Gasteiger partial charge in [0, 0.05) is 43.4 Å². The number of carbonyl (C=O) groups is 1. The third-order valence-corrected chi connectivity index (χ3v) is 6.23. The van der Waals surface area contributed by atoms with E-state index in [0.29, 0.717) is 13.0 Å². The minimum atomic E-state index is 0.00655. The molecule has 1 aromatic rings. The van der Waals surface area contributed by atoms with Crippen LogP contribution < -0.4 is 0 Å². The quantitative estimate of drug-likeness (QED) is 0.779. The molecule has 4 rings (SSSR count). The number of aromatic nitrogens is 1. The van der Waals surface area contributed by atoms with Crippen LogP contribution >= 0.6 is 0 Å².